The van der Waals surface area contributed by atoms with Crippen LogP contribution in [-0.4, -0.2) is 40.4 Å². The van der Waals surface area contributed by atoms with Crippen molar-refractivity contribution < 1.29 is 9.59 Å². The van der Waals surface area contributed by atoms with Crippen LogP contribution in [0.25, 0.3) is 0 Å². The Morgan fingerprint density at radius 3 is 2.67 bits per heavy atom. The van der Waals surface area contributed by atoms with Gasteiger partial charge in [-0.05, 0) is 12.1 Å². The molecule has 4 nitrogen and oxygen atoms in total. The summed E-state index contributed by atoms with van der Waals surface area (Å²) in [5.41, 5.74) is 0.799. The van der Waals surface area contributed by atoms with E-state index in [9.17, 15) is 9.59 Å². The van der Waals surface area contributed by atoms with Gasteiger partial charge in [0.15, 0.2) is 0 Å². The van der Waals surface area contributed by atoms with Crippen LogP contribution in [0.5, 0.6) is 0 Å². The summed E-state index contributed by atoms with van der Waals surface area (Å²) in [4.78, 5) is 26.5. The normalized spacial score (nSPS) is 15.1. The number of hydrogen-bond donors (Lipinski definition) is 0. The van der Waals surface area contributed by atoms with Crippen LogP contribution in [-0.2, 0) is 9.59 Å². The minimum atomic E-state index is -0.153. The Balaban J connectivity index is 2.04. The molecular weight excluding hydrogens is 268 g/mol. The molecule has 6 heteroatoms. The Morgan fingerprint density at radius 2 is 2.11 bits per heavy atom. The number of thiocarbonyl (C=S) groups is 1. The molecule has 1 saturated heterocycles. The van der Waals surface area contributed by atoms with E-state index in [1.54, 1.807) is 7.05 Å². The molecule has 1 fully saturated rings. The zero-order chi connectivity index (χ0) is 13.1. The zero-order valence-corrected chi connectivity index (χ0v) is 11.5. The molecule has 0 N–H and O–H groups in total. The largest absolute Gasteiger partial charge is 0.314 e. The van der Waals surface area contributed by atoms with Crippen molar-refractivity contribution >= 4 is 45.8 Å². The average molecular weight is 280 g/mol. The van der Waals surface area contributed by atoms with Crippen molar-refractivity contribution in [2.24, 2.45) is 0 Å². The van der Waals surface area contributed by atoms with E-state index in [0.29, 0.717) is 10.1 Å². The lowest BCUT2D eigenvalue weighted by atomic mass is 10.3. The van der Waals surface area contributed by atoms with Crippen LogP contribution in [0.15, 0.2) is 30.3 Å². The van der Waals surface area contributed by atoms with Gasteiger partial charge in [0.25, 0.3) is 0 Å². The third kappa shape index (κ3) is 2.70. The zero-order valence-electron chi connectivity index (χ0n) is 9.83. The van der Waals surface area contributed by atoms with Crippen molar-refractivity contribution in [3.8, 4) is 0 Å². The van der Waals surface area contributed by atoms with Crippen LogP contribution in [0, 0.1) is 0 Å². The maximum absolute atomic E-state index is 12.1. The van der Waals surface area contributed by atoms with Crippen molar-refractivity contribution in [2.45, 2.75) is 0 Å². The number of rotatable bonds is 3. The quantitative estimate of drug-likeness (QED) is 0.787. The molecule has 1 aliphatic rings. The van der Waals surface area contributed by atoms with Gasteiger partial charge in [-0.1, -0.05) is 42.2 Å². The fourth-order valence-corrected chi connectivity index (χ4v) is 2.64. The number of carbonyl (C=O) groups is 2. The standard InChI is InChI=1S/C12H12N2O2S2/c1-13(9-5-3-2-4-6-9)10(15)7-14-11(16)8-18-12(14)17/h2-6H,7-8H2,1H3. The van der Waals surface area contributed by atoms with Gasteiger partial charge in [-0.25, -0.2) is 0 Å². The van der Waals surface area contributed by atoms with Crippen molar-refractivity contribution in [2.75, 3.05) is 24.2 Å². The molecule has 0 spiro atoms. The first-order valence-electron chi connectivity index (χ1n) is 5.38. The minimum absolute atomic E-state index is 0.00998. The molecule has 18 heavy (non-hydrogen) atoms. The highest BCUT2D eigenvalue weighted by atomic mass is 32.2. The van der Waals surface area contributed by atoms with E-state index in [1.165, 1.54) is 21.6 Å². The minimum Gasteiger partial charge on any atom is -0.314 e. The molecule has 1 aromatic rings. The summed E-state index contributed by atoms with van der Waals surface area (Å²) in [6.45, 7) is 0.00998. The van der Waals surface area contributed by atoms with Gasteiger partial charge in [-0.2, -0.15) is 0 Å². The van der Waals surface area contributed by atoms with Crippen LogP contribution >= 0.6 is 24.0 Å². The molecule has 1 heterocycles. The molecule has 0 radical (unpaired) electrons. The molecule has 2 amide bonds. The fourth-order valence-electron chi connectivity index (χ4n) is 1.57. The predicted molar refractivity (Wildman–Crippen MR) is 76.6 cm³/mol. The van der Waals surface area contributed by atoms with E-state index in [2.05, 4.69) is 0 Å². The first kappa shape index (κ1) is 13.0. The van der Waals surface area contributed by atoms with E-state index >= 15 is 0 Å². The fraction of sp³-hybridized carbons (Fsp3) is 0.250. The summed E-state index contributed by atoms with van der Waals surface area (Å²) in [5, 5.41) is 0. The topological polar surface area (TPSA) is 40.6 Å². The second-order valence-electron chi connectivity index (χ2n) is 3.82. The van der Waals surface area contributed by atoms with E-state index < -0.39 is 0 Å². The number of amides is 2. The number of nitrogens with zero attached hydrogens (tertiary/aromatic N) is 2. The second kappa shape index (κ2) is 5.49. The summed E-state index contributed by atoms with van der Waals surface area (Å²) in [6.07, 6.45) is 0. The Labute approximate surface area is 115 Å². The molecule has 1 aromatic carbocycles. The lowest BCUT2D eigenvalue weighted by molar-refractivity contribution is -0.128. The van der Waals surface area contributed by atoms with E-state index in [1.807, 2.05) is 30.3 Å². The molecule has 1 aliphatic heterocycles. The van der Waals surface area contributed by atoms with Crippen LogP contribution in [0.4, 0.5) is 5.69 Å². The number of anilines is 1. The van der Waals surface area contributed by atoms with Gasteiger partial charge in [0.2, 0.25) is 11.8 Å². The lowest BCUT2D eigenvalue weighted by Crippen LogP contribution is -2.40. The van der Waals surface area contributed by atoms with Crippen LogP contribution in [0.1, 0.15) is 0 Å². The van der Waals surface area contributed by atoms with Crippen molar-refractivity contribution in [3.63, 3.8) is 0 Å². The Bertz CT molecular complexity index is 474. The summed E-state index contributed by atoms with van der Waals surface area (Å²) in [7, 11) is 1.69. The van der Waals surface area contributed by atoms with Crippen LogP contribution in [0.2, 0.25) is 0 Å². The smallest absolute Gasteiger partial charge is 0.246 e. The molecule has 94 valence electrons. The molecular formula is C12H12N2O2S2. The summed E-state index contributed by atoms with van der Waals surface area (Å²) in [6, 6.07) is 9.30. The van der Waals surface area contributed by atoms with Crippen molar-refractivity contribution in [1.82, 2.24) is 4.90 Å². The molecule has 0 unspecified atom stereocenters. The second-order valence-corrected chi connectivity index (χ2v) is 5.43. The SMILES string of the molecule is CN(C(=O)CN1C(=O)CSC1=S)c1ccccc1. The number of thioether (sulfide) groups is 1. The monoisotopic (exact) mass is 280 g/mol. The number of para-hydroxylation sites is 1. The summed E-state index contributed by atoms with van der Waals surface area (Å²) in [5.74, 6) is 0.0838. The summed E-state index contributed by atoms with van der Waals surface area (Å²) >= 11 is 6.34. The maximum Gasteiger partial charge on any atom is 0.246 e. The molecule has 0 atom stereocenters. The maximum atomic E-state index is 12.1. The van der Waals surface area contributed by atoms with Gasteiger partial charge in [0, 0.05) is 12.7 Å². The highest BCUT2D eigenvalue weighted by Crippen LogP contribution is 2.20. The van der Waals surface area contributed by atoms with Gasteiger partial charge in [-0.15, -0.1) is 0 Å². The van der Waals surface area contributed by atoms with Crippen LogP contribution in [0.3, 0.4) is 0 Å². The van der Waals surface area contributed by atoms with E-state index in [4.69, 9.17) is 12.2 Å². The number of carbonyl (C=O) groups excluding carboxylic acids is 2. The Morgan fingerprint density at radius 1 is 1.44 bits per heavy atom. The molecule has 2 rings (SSSR count). The third-order valence-electron chi connectivity index (χ3n) is 2.65. The molecule has 0 bridgehead atoms. The highest BCUT2D eigenvalue weighted by molar-refractivity contribution is 8.23. The Hall–Kier alpha value is -1.40. The average Bonchev–Trinajstić information content (AvgIpc) is 2.70. The van der Waals surface area contributed by atoms with Crippen molar-refractivity contribution in [3.05, 3.63) is 30.3 Å². The van der Waals surface area contributed by atoms with Crippen molar-refractivity contribution in [1.29, 1.82) is 0 Å². The number of hydrogen-bond acceptors (Lipinski definition) is 4. The molecule has 0 saturated carbocycles. The predicted octanol–water partition coefficient (Wildman–Crippen LogP) is 1.51. The number of benzene rings is 1. The molecule has 0 aliphatic carbocycles. The van der Waals surface area contributed by atoms with Gasteiger partial charge in [0.1, 0.15) is 10.9 Å². The Kier molecular flexibility index (Phi) is 3.98. The van der Waals surface area contributed by atoms with E-state index in [0.717, 1.165) is 5.69 Å². The van der Waals surface area contributed by atoms with E-state index in [-0.39, 0.29) is 18.4 Å². The van der Waals surface area contributed by atoms with Gasteiger partial charge >= 0.3 is 0 Å². The van der Waals surface area contributed by atoms with Crippen LogP contribution < -0.4 is 4.90 Å². The first-order valence-corrected chi connectivity index (χ1v) is 6.77. The number of likely N-dealkylation sites (N-methyl/N-ethyl adjacent to an activating group) is 1. The van der Waals surface area contributed by atoms with Gasteiger partial charge in [-0.3, -0.25) is 14.5 Å². The highest BCUT2D eigenvalue weighted by Gasteiger charge is 2.29. The lowest BCUT2D eigenvalue weighted by Gasteiger charge is -2.21. The molecule has 0 aromatic heterocycles. The van der Waals surface area contributed by atoms with Gasteiger partial charge < -0.3 is 4.90 Å². The summed E-state index contributed by atoms with van der Waals surface area (Å²) < 4.78 is 0.481. The van der Waals surface area contributed by atoms with Gasteiger partial charge in [0.05, 0.1) is 5.75 Å². The third-order valence-corrected chi connectivity index (χ3v) is 4.08. The first-order chi connectivity index (χ1) is 8.59.